The molecule has 5 heteroatoms. The summed E-state index contributed by atoms with van der Waals surface area (Å²) in [6, 6.07) is 0. The molecule has 0 bridgehead atoms. The molecule has 0 aromatic heterocycles. The summed E-state index contributed by atoms with van der Waals surface area (Å²) in [5, 5.41) is -0.496. The molecule has 0 saturated heterocycles. The van der Waals surface area contributed by atoms with Crippen molar-refractivity contribution in [3.63, 3.8) is 0 Å². The van der Waals surface area contributed by atoms with Crippen molar-refractivity contribution in [3.8, 4) is 0 Å². The molecule has 3 nitrogen and oxygen atoms in total. The average molecular weight is 365 g/mol. The van der Waals surface area contributed by atoms with Crippen molar-refractivity contribution >= 4 is 24.4 Å². The zero-order valence-electron chi connectivity index (χ0n) is 15.2. The van der Waals surface area contributed by atoms with Gasteiger partial charge in [0, 0.05) is 32.1 Å². The summed E-state index contributed by atoms with van der Waals surface area (Å²) >= 11 is 5.83. The van der Waals surface area contributed by atoms with E-state index in [0.29, 0.717) is 5.75 Å². The summed E-state index contributed by atoms with van der Waals surface area (Å²) in [6.07, 6.45) is 14.7. The molecule has 138 valence electrons. The van der Waals surface area contributed by atoms with Gasteiger partial charge in [-0.25, -0.2) is 0 Å². The van der Waals surface area contributed by atoms with Gasteiger partial charge < -0.3 is 14.2 Å². The van der Waals surface area contributed by atoms with Crippen molar-refractivity contribution in [1.29, 1.82) is 0 Å². The lowest BCUT2D eigenvalue weighted by molar-refractivity contribution is -0.138. The monoisotopic (exact) mass is 364 g/mol. The Kier molecular flexibility index (Phi) is 17.1. The van der Waals surface area contributed by atoms with Crippen molar-refractivity contribution in [2.24, 2.45) is 0 Å². The predicted molar refractivity (Wildman–Crippen MR) is 105 cm³/mol. The normalized spacial score (nSPS) is 12.2. The Morgan fingerprint density at radius 3 is 2.22 bits per heavy atom. The molecule has 0 rings (SSSR count). The minimum Gasteiger partial charge on any atom is -0.501 e. The molecule has 23 heavy (non-hydrogen) atoms. The Morgan fingerprint density at radius 1 is 0.957 bits per heavy atom. The van der Waals surface area contributed by atoms with Crippen molar-refractivity contribution < 1.29 is 14.2 Å². The van der Waals surface area contributed by atoms with E-state index in [1.54, 1.807) is 32.2 Å². The second-order valence-corrected chi connectivity index (χ2v) is 7.27. The smallest absolute Gasteiger partial charge is 0.217 e. The SMILES string of the molecule is CCCCCCCCCC(OC)(OC)SCCCOC=CCS. The minimum absolute atomic E-state index is 0.496. The van der Waals surface area contributed by atoms with Crippen LogP contribution < -0.4 is 0 Å². The van der Waals surface area contributed by atoms with Gasteiger partial charge in [0.2, 0.25) is 5.12 Å². The van der Waals surface area contributed by atoms with Crippen molar-refractivity contribution in [2.75, 3.05) is 32.3 Å². The van der Waals surface area contributed by atoms with Gasteiger partial charge in [-0.05, 0) is 18.9 Å². The molecule has 0 fully saturated rings. The van der Waals surface area contributed by atoms with Crippen LogP contribution in [0, 0.1) is 0 Å². The fraction of sp³-hybridized carbons (Fsp3) is 0.889. The molecule has 0 aliphatic rings. The summed E-state index contributed by atoms with van der Waals surface area (Å²) in [7, 11) is 3.48. The minimum atomic E-state index is -0.496. The summed E-state index contributed by atoms with van der Waals surface area (Å²) in [5.74, 6) is 1.68. The zero-order chi connectivity index (χ0) is 17.2. The number of methoxy groups -OCH3 is 2. The molecule has 0 radical (unpaired) electrons. The molecular formula is C18H36O3S2. The van der Waals surface area contributed by atoms with Crippen molar-refractivity contribution in [1.82, 2.24) is 0 Å². The average Bonchev–Trinajstić information content (AvgIpc) is 2.58. The number of rotatable bonds is 17. The molecular weight excluding hydrogens is 328 g/mol. The van der Waals surface area contributed by atoms with Crippen molar-refractivity contribution in [2.45, 2.75) is 69.8 Å². The van der Waals surface area contributed by atoms with Gasteiger partial charge in [0.15, 0.2) is 0 Å². The van der Waals surface area contributed by atoms with E-state index >= 15 is 0 Å². The third-order valence-electron chi connectivity index (χ3n) is 3.73. The molecule has 0 atom stereocenters. The summed E-state index contributed by atoms with van der Waals surface area (Å²) in [5.41, 5.74) is 0. The summed E-state index contributed by atoms with van der Waals surface area (Å²) in [4.78, 5) is 0. The van der Waals surface area contributed by atoms with Crippen LogP contribution in [0.2, 0.25) is 0 Å². The largest absolute Gasteiger partial charge is 0.501 e. The first kappa shape index (κ1) is 23.2. The number of hydrogen-bond donors (Lipinski definition) is 1. The van der Waals surface area contributed by atoms with Crippen LogP contribution in [0.4, 0.5) is 0 Å². The maximum Gasteiger partial charge on any atom is 0.217 e. The van der Waals surface area contributed by atoms with E-state index in [-0.39, 0.29) is 0 Å². The maximum atomic E-state index is 5.65. The molecule has 0 amide bonds. The van der Waals surface area contributed by atoms with E-state index in [9.17, 15) is 0 Å². The van der Waals surface area contributed by atoms with Crippen LogP contribution in [0.15, 0.2) is 12.3 Å². The second kappa shape index (κ2) is 17.0. The van der Waals surface area contributed by atoms with Gasteiger partial charge in [0.05, 0.1) is 12.9 Å². The van der Waals surface area contributed by atoms with Crippen LogP contribution in [0.1, 0.15) is 64.7 Å². The van der Waals surface area contributed by atoms with E-state index in [1.165, 1.54) is 38.5 Å². The van der Waals surface area contributed by atoms with Gasteiger partial charge in [-0.3, -0.25) is 0 Å². The van der Waals surface area contributed by atoms with E-state index in [1.807, 2.05) is 6.08 Å². The molecule has 0 aliphatic heterocycles. The van der Waals surface area contributed by atoms with Crippen LogP contribution in [0.3, 0.4) is 0 Å². The Balaban J connectivity index is 3.80. The highest BCUT2D eigenvalue weighted by molar-refractivity contribution is 8.00. The van der Waals surface area contributed by atoms with E-state index in [0.717, 1.165) is 31.6 Å². The fourth-order valence-electron chi connectivity index (χ4n) is 2.33. The molecule has 0 aromatic rings. The quantitative estimate of drug-likeness (QED) is 0.156. The van der Waals surface area contributed by atoms with Gasteiger partial charge in [0.1, 0.15) is 0 Å². The van der Waals surface area contributed by atoms with Gasteiger partial charge >= 0.3 is 0 Å². The Morgan fingerprint density at radius 2 is 1.61 bits per heavy atom. The lowest BCUT2D eigenvalue weighted by Gasteiger charge is -2.30. The van der Waals surface area contributed by atoms with E-state index < -0.39 is 5.12 Å². The lowest BCUT2D eigenvalue weighted by atomic mass is 10.1. The number of hydrogen-bond acceptors (Lipinski definition) is 5. The fourth-order valence-corrected chi connectivity index (χ4v) is 3.51. The van der Waals surface area contributed by atoms with Gasteiger partial charge in [0.25, 0.3) is 0 Å². The number of ether oxygens (including phenoxy) is 3. The third kappa shape index (κ3) is 13.2. The van der Waals surface area contributed by atoms with Crippen LogP contribution in [0.25, 0.3) is 0 Å². The first-order valence-corrected chi connectivity index (χ1v) is 10.5. The number of thioether (sulfide) groups is 1. The highest BCUT2D eigenvalue weighted by Gasteiger charge is 2.29. The molecule has 0 aliphatic carbocycles. The Hall–Kier alpha value is 0.160. The van der Waals surface area contributed by atoms with Crippen LogP contribution in [-0.4, -0.2) is 37.5 Å². The molecule has 0 N–H and O–H groups in total. The zero-order valence-corrected chi connectivity index (χ0v) is 16.9. The number of thiol groups is 1. The topological polar surface area (TPSA) is 27.7 Å². The Bertz CT molecular complexity index is 269. The molecule has 0 heterocycles. The molecule has 0 unspecified atom stereocenters. The van der Waals surface area contributed by atoms with Gasteiger partial charge in [-0.2, -0.15) is 12.6 Å². The first-order chi connectivity index (χ1) is 11.2. The van der Waals surface area contributed by atoms with E-state index in [4.69, 9.17) is 14.2 Å². The summed E-state index contributed by atoms with van der Waals surface area (Å²) in [6.45, 7) is 2.97. The standard InChI is InChI=1S/C18H36O3S2/c1-4-5-6-7-8-9-10-13-18(19-2,20-3)23-17-12-15-21-14-11-16-22/h11,14,22H,4-10,12-13,15-17H2,1-3H3. The van der Waals surface area contributed by atoms with Gasteiger partial charge in [-0.1, -0.05) is 57.2 Å². The highest BCUT2D eigenvalue weighted by Crippen LogP contribution is 2.33. The van der Waals surface area contributed by atoms with Crippen LogP contribution in [-0.2, 0) is 14.2 Å². The Labute approximate surface area is 153 Å². The van der Waals surface area contributed by atoms with Gasteiger partial charge in [-0.15, -0.1) is 0 Å². The highest BCUT2D eigenvalue weighted by atomic mass is 32.2. The molecule has 0 aromatic carbocycles. The van der Waals surface area contributed by atoms with E-state index in [2.05, 4.69) is 19.6 Å². The third-order valence-corrected chi connectivity index (χ3v) is 5.42. The van der Waals surface area contributed by atoms with Crippen LogP contribution >= 0.6 is 24.4 Å². The van der Waals surface area contributed by atoms with Crippen molar-refractivity contribution in [3.05, 3.63) is 12.3 Å². The maximum absolute atomic E-state index is 5.65. The first-order valence-electron chi connectivity index (χ1n) is 8.86. The predicted octanol–water partition coefficient (Wildman–Crippen LogP) is 5.66. The second-order valence-electron chi connectivity index (χ2n) is 5.59. The van der Waals surface area contributed by atoms with Crippen LogP contribution in [0.5, 0.6) is 0 Å². The molecule has 0 saturated carbocycles. The lowest BCUT2D eigenvalue weighted by Crippen LogP contribution is -2.30. The number of unbranched alkanes of at least 4 members (excludes halogenated alkanes) is 6. The molecule has 0 spiro atoms. The summed E-state index contributed by atoms with van der Waals surface area (Å²) < 4.78 is 16.7.